The van der Waals surface area contributed by atoms with E-state index in [2.05, 4.69) is 32.4 Å². The van der Waals surface area contributed by atoms with Gasteiger partial charge in [-0.2, -0.15) is 0 Å². The van der Waals surface area contributed by atoms with Gasteiger partial charge < -0.3 is 25.0 Å². The standard InChI is InChI=1S/C20H35N5O2/c1-17-7-11-25(12-8-17)10-4-9-22-20(21-2)24-16-18-5-6-19(23-15-18)27-14-13-26-3/h5-6,15,17H,4,7-14,16H2,1-3H3,(H2,21,22,24). The van der Waals surface area contributed by atoms with Crippen molar-refractivity contribution in [3.63, 3.8) is 0 Å². The van der Waals surface area contributed by atoms with Crippen LogP contribution in [0.15, 0.2) is 23.3 Å². The SMILES string of the molecule is CN=C(NCCCN1CCC(C)CC1)NCc1ccc(OCCOC)nc1. The number of guanidine groups is 1. The molecule has 0 radical (unpaired) electrons. The van der Waals surface area contributed by atoms with Crippen molar-refractivity contribution in [2.45, 2.75) is 32.7 Å². The van der Waals surface area contributed by atoms with Gasteiger partial charge in [-0.3, -0.25) is 4.99 Å². The van der Waals surface area contributed by atoms with Crippen LogP contribution in [0.3, 0.4) is 0 Å². The van der Waals surface area contributed by atoms with Gasteiger partial charge in [0.2, 0.25) is 5.88 Å². The molecule has 152 valence electrons. The zero-order valence-corrected chi connectivity index (χ0v) is 17.0. The Bertz CT molecular complexity index is 542. The van der Waals surface area contributed by atoms with Crippen LogP contribution in [0, 0.1) is 5.92 Å². The van der Waals surface area contributed by atoms with Crippen LogP contribution in [0.25, 0.3) is 0 Å². The summed E-state index contributed by atoms with van der Waals surface area (Å²) < 4.78 is 10.4. The lowest BCUT2D eigenvalue weighted by molar-refractivity contribution is 0.143. The molecule has 2 N–H and O–H groups in total. The van der Waals surface area contributed by atoms with Gasteiger partial charge in [0.1, 0.15) is 6.61 Å². The van der Waals surface area contributed by atoms with Gasteiger partial charge in [0.05, 0.1) is 6.61 Å². The Morgan fingerprint density at radius 2 is 2.07 bits per heavy atom. The van der Waals surface area contributed by atoms with E-state index in [9.17, 15) is 0 Å². The highest BCUT2D eigenvalue weighted by molar-refractivity contribution is 5.79. The molecule has 0 aromatic carbocycles. The van der Waals surface area contributed by atoms with Crippen molar-refractivity contribution in [1.29, 1.82) is 0 Å². The van der Waals surface area contributed by atoms with Crippen molar-refractivity contribution < 1.29 is 9.47 Å². The van der Waals surface area contributed by atoms with Crippen molar-refractivity contribution >= 4 is 5.96 Å². The predicted octanol–water partition coefficient (Wildman–Crippen LogP) is 1.89. The Kier molecular flexibility index (Phi) is 9.94. The fraction of sp³-hybridized carbons (Fsp3) is 0.700. The fourth-order valence-electron chi connectivity index (χ4n) is 3.03. The van der Waals surface area contributed by atoms with E-state index >= 15 is 0 Å². The van der Waals surface area contributed by atoms with Crippen molar-refractivity contribution in [2.75, 3.05) is 53.6 Å². The van der Waals surface area contributed by atoms with Gasteiger partial charge in [0.15, 0.2) is 5.96 Å². The number of rotatable bonds is 10. The monoisotopic (exact) mass is 377 g/mol. The molecule has 2 rings (SSSR count). The fourth-order valence-corrected chi connectivity index (χ4v) is 3.03. The van der Waals surface area contributed by atoms with Crippen LogP contribution in [0.1, 0.15) is 31.7 Å². The van der Waals surface area contributed by atoms with Crippen molar-refractivity contribution in [2.24, 2.45) is 10.9 Å². The van der Waals surface area contributed by atoms with Gasteiger partial charge in [-0.05, 0) is 50.4 Å². The first-order valence-corrected chi connectivity index (χ1v) is 9.94. The molecule has 0 amide bonds. The summed E-state index contributed by atoms with van der Waals surface area (Å²) in [6, 6.07) is 3.88. The maximum Gasteiger partial charge on any atom is 0.213 e. The molecule has 7 nitrogen and oxygen atoms in total. The third-order valence-corrected chi connectivity index (χ3v) is 4.84. The zero-order chi connectivity index (χ0) is 19.3. The summed E-state index contributed by atoms with van der Waals surface area (Å²) in [5, 5.41) is 6.71. The largest absolute Gasteiger partial charge is 0.475 e. The summed E-state index contributed by atoms with van der Waals surface area (Å²) in [5.41, 5.74) is 1.08. The van der Waals surface area contributed by atoms with Crippen molar-refractivity contribution in [3.05, 3.63) is 23.9 Å². The Morgan fingerprint density at radius 1 is 1.26 bits per heavy atom. The molecular formula is C20H35N5O2. The number of nitrogens with one attached hydrogen (secondary N) is 2. The number of likely N-dealkylation sites (tertiary alicyclic amines) is 1. The molecule has 1 aliphatic rings. The molecule has 0 aliphatic carbocycles. The van der Waals surface area contributed by atoms with Crippen LogP contribution in [0.5, 0.6) is 5.88 Å². The van der Waals surface area contributed by atoms with E-state index in [0.29, 0.717) is 25.6 Å². The summed E-state index contributed by atoms with van der Waals surface area (Å²) in [5.74, 6) is 2.33. The van der Waals surface area contributed by atoms with Crippen LogP contribution < -0.4 is 15.4 Å². The molecule has 0 bridgehead atoms. The number of methoxy groups -OCH3 is 1. The quantitative estimate of drug-likeness (QED) is 0.369. The van der Waals surface area contributed by atoms with E-state index in [0.717, 1.165) is 37.0 Å². The van der Waals surface area contributed by atoms with E-state index in [4.69, 9.17) is 9.47 Å². The molecule has 0 atom stereocenters. The Balaban J connectivity index is 1.60. The van der Waals surface area contributed by atoms with Crippen molar-refractivity contribution in [1.82, 2.24) is 20.5 Å². The number of nitrogens with zero attached hydrogens (tertiary/aromatic N) is 3. The second-order valence-corrected chi connectivity index (χ2v) is 7.08. The second kappa shape index (κ2) is 12.5. The van der Waals surface area contributed by atoms with Crippen LogP contribution in [-0.4, -0.2) is 69.4 Å². The van der Waals surface area contributed by atoms with Crippen LogP contribution in [0.2, 0.25) is 0 Å². The smallest absolute Gasteiger partial charge is 0.213 e. The van der Waals surface area contributed by atoms with Gasteiger partial charge in [-0.1, -0.05) is 13.0 Å². The highest BCUT2D eigenvalue weighted by atomic mass is 16.5. The maximum atomic E-state index is 5.47. The molecule has 1 aromatic heterocycles. The van der Waals surface area contributed by atoms with E-state index < -0.39 is 0 Å². The zero-order valence-electron chi connectivity index (χ0n) is 17.0. The summed E-state index contributed by atoms with van der Waals surface area (Å²) in [6.07, 6.45) is 5.62. The number of aromatic nitrogens is 1. The first-order valence-electron chi connectivity index (χ1n) is 9.94. The van der Waals surface area contributed by atoms with Gasteiger partial charge in [0, 0.05) is 39.5 Å². The predicted molar refractivity (Wildman–Crippen MR) is 109 cm³/mol. The Hall–Kier alpha value is -1.86. The minimum absolute atomic E-state index is 0.508. The lowest BCUT2D eigenvalue weighted by Gasteiger charge is -2.30. The summed E-state index contributed by atoms with van der Waals surface area (Å²) >= 11 is 0. The van der Waals surface area contributed by atoms with Gasteiger partial charge >= 0.3 is 0 Å². The Labute approximate surface area is 163 Å². The number of hydrogen-bond donors (Lipinski definition) is 2. The molecule has 0 unspecified atom stereocenters. The molecule has 1 aromatic rings. The number of piperidine rings is 1. The lowest BCUT2D eigenvalue weighted by Crippen LogP contribution is -2.39. The third kappa shape index (κ3) is 8.58. The third-order valence-electron chi connectivity index (χ3n) is 4.84. The minimum atomic E-state index is 0.508. The van der Waals surface area contributed by atoms with E-state index in [1.54, 1.807) is 14.2 Å². The van der Waals surface area contributed by atoms with Gasteiger partial charge in [0.25, 0.3) is 0 Å². The first-order chi connectivity index (χ1) is 13.2. The average molecular weight is 378 g/mol. The molecule has 1 saturated heterocycles. The molecule has 0 saturated carbocycles. The van der Waals surface area contributed by atoms with Crippen LogP contribution in [0.4, 0.5) is 0 Å². The lowest BCUT2D eigenvalue weighted by atomic mass is 9.99. The minimum Gasteiger partial charge on any atom is -0.475 e. The highest BCUT2D eigenvalue weighted by Gasteiger charge is 2.14. The molecule has 27 heavy (non-hydrogen) atoms. The van der Waals surface area contributed by atoms with Crippen molar-refractivity contribution in [3.8, 4) is 5.88 Å². The summed E-state index contributed by atoms with van der Waals surface area (Å²) in [6.45, 7) is 8.67. The second-order valence-electron chi connectivity index (χ2n) is 7.08. The maximum absolute atomic E-state index is 5.47. The number of aliphatic imine (C=N–C) groups is 1. The molecule has 0 spiro atoms. The van der Waals surface area contributed by atoms with Gasteiger partial charge in [-0.25, -0.2) is 4.98 Å². The first kappa shape index (κ1) is 21.4. The van der Waals surface area contributed by atoms with E-state index in [1.807, 2.05) is 18.3 Å². The normalized spacial score (nSPS) is 16.3. The molecule has 7 heteroatoms. The number of pyridine rings is 1. The highest BCUT2D eigenvalue weighted by Crippen LogP contribution is 2.15. The number of hydrogen-bond acceptors (Lipinski definition) is 5. The van der Waals surface area contributed by atoms with Crippen LogP contribution >= 0.6 is 0 Å². The topological polar surface area (TPSA) is 71.0 Å². The molecular weight excluding hydrogens is 342 g/mol. The summed E-state index contributed by atoms with van der Waals surface area (Å²) in [7, 11) is 3.45. The molecule has 1 fully saturated rings. The van der Waals surface area contributed by atoms with E-state index in [1.165, 1.54) is 25.9 Å². The average Bonchev–Trinajstić information content (AvgIpc) is 2.70. The summed E-state index contributed by atoms with van der Waals surface area (Å²) in [4.78, 5) is 11.2. The molecule has 2 heterocycles. The number of ether oxygens (including phenoxy) is 2. The van der Waals surface area contributed by atoms with Crippen LogP contribution in [-0.2, 0) is 11.3 Å². The van der Waals surface area contributed by atoms with E-state index in [-0.39, 0.29) is 0 Å². The molecule has 1 aliphatic heterocycles. The Morgan fingerprint density at radius 3 is 2.74 bits per heavy atom. The van der Waals surface area contributed by atoms with Gasteiger partial charge in [-0.15, -0.1) is 0 Å².